The largest absolute Gasteiger partial charge is 0.461 e. The number of carbonyl (C=O) groups excluding carboxylic acids is 1. The lowest BCUT2D eigenvalue weighted by Crippen LogP contribution is -2.38. The highest BCUT2D eigenvalue weighted by Gasteiger charge is 2.33. The van der Waals surface area contributed by atoms with Gasteiger partial charge in [-0.05, 0) is 44.1 Å². The summed E-state index contributed by atoms with van der Waals surface area (Å²) in [5.74, 6) is 0.554. The summed E-state index contributed by atoms with van der Waals surface area (Å²) in [5, 5.41) is 0. The van der Waals surface area contributed by atoms with Gasteiger partial charge in [0.15, 0.2) is 0 Å². The molecule has 0 saturated carbocycles. The molecule has 0 unspecified atom stereocenters. The zero-order valence-corrected chi connectivity index (χ0v) is 15.8. The van der Waals surface area contributed by atoms with E-state index in [0.717, 1.165) is 25.7 Å². The molecule has 4 atom stereocenters. The Labute approximate surface area is 152 Å². The number of rotatable bonds is 6. The molecule has 4 heteroatoms. The second-order valence-electron chi connectivity index (χ2n) is 7.65. The van der Waals surface area contributed by atoms with Crippen molar-refractivity contribution < 1.29 is 14.3 Å². The molecular formula is C21H33NO3. The fourth-order valence-corrected chi connectivity index (χ4v) is 3.46. The molecule has 0 aliphatic carbocycles. The minimum atomic E-state index is -0.513. The molecule has 0 aromatic heterocycles. The first-order valence-electron chi connectivity index (χ1n) is 9.59. The molecule has 1 aromatic carbocycles. The fourth-order valence-electron chi connectivity index (χ4n) is 3.46. The molecule has 4 nitrogen and oxygen atoms in total. The molecule has 0 bridgehead atoms. The average molecular weight is 347 g/mol. The molecule has 2 rings (SSSR count). The molecule has 0 spiro atoms. The van der Waals surface area contributed by atoms with Crippen LogP contribution < -0.4 is 5.73 Å². The van der Waals surface area contributed by atoms with Crippen molar-refractivity contribution in [2.24, 2.45) is 17.6 Å². The Balaban J connectivity index is 2.09. The van der Waals surface area contributed by atoms with E-state index in [1.54, 1.807) is 0 Å². The standard InChI is InChI=1S/C21H33NO3/c1-15(2)12-13-18-16(3)25-21(23)19(22)10-7-11-20(18)24-14-17-8-5-4-6-9-17/h4-6,8-9,15-16,18-20H,7,10-14,22H2,1-3H3/t16-,18-,19-,20-/m0/s1. The van der Waals surface area contributed by atoms with Crippen LogP contribution >= 0.6 is 0 Å². The summed E-state index contributed by atoms with van der Waals surface area (Å²) in [6.45, 7) is 7.03. The molecule has 140 valence electrons. The maximum Gasteiger partial charge on any atom is 0.323 e. The van der Waals surface area contributed by atoms with Gasteiger partial charge in [-0.1, -0.05) is 50.6 Å². The molecule has 25 heavy (non-hydrogen) atoms. The summed E-state index contributed by atoms with van der Waals surface area (Å²) < 4.78 is 12.0. The number of nitrogens with two attached hydrogens (primary N) is 1. The van der Waals surface area contributed by atoms with Gasteiger partial charge in [-0.25, -0.2) is 0 Å². The van der Waals surface area contributed by atoms with Crippen LogP contribution in [0.25, 0.3) is 0 Å². The third-order valence-electron chi connectivity index (χ3n) is 5.07. The number of hydrogen-bond donors (Lipinski definition) is 1. The van der Waals surface area contributed by atoms with Crippen LogP contribution in [0, 0.1) is 11.8 Å². The van der Waals surface area contributed by atoms with Gasteiger partial charge in [0, 0.05) is 5.92 Å². The summed E-state index contributed by atoms with van der Waals surface area (Å²) in [5.41, 5.74) is 7.11. The number of ether oxygens (including phenoxy) is 2. The number of esters is 1. The van der Waals surface area contributed by atoms with E-state index in [9.17, 15) is 4.79 Å². The van der Waals surface area contributed by atoms with Crippen molar-refractivity contribution >= 4 is 5.97 Å². The Hall–Kier alpha value is -1.39. The van der Waals surface area contributed by atoms with Crippen molar-refractivity contribution in [1.29, 1.82) is 0 Å². The summed E-state index contributed by atoms with van der Waals surface area (Å²) in [6.07, 6.45) is 4.49. The normalized spacial score (nSPS) is 28.1. The highest BCUT2D eigenvalue weighted by Crippen LogP contribution is 2.29. The molecule has 1 saturated heterocycles. The molecule has 2 N–H and O–H groups in total. The van der Waals surface area contributed by atoms with Crippen LogP contribution in [0.3, 0.4) is 0 Å². The number of benzene rings is 1. The van der Waals surface area contributed by atoms with E-state index < -0.39 is 6.04 Å². The minimum absolute atomic E-state index is 0.0899. The van der Waals surface area contributed by atoms with Crippen LogP contribution in [-0.4, -0.2) is 24.2 Å². The Morgan fingerprint density at radius 1 is 1.24 bits per heavy atom. The van der Waals surface area contributed by atoms with Crippen molar-refractivity contribution in [2.75, 3.05) is 0 Å². The van der Waals surface area contributed by atoms with Gasteiger partial charge in [0.2, 0.25) is 0 Å². The van der Waals surface area contributed by atoms with E-state index in [4.69, 9.17) is 15.2 Å². The van der Waals surface area contributed by atoms with Crippen LogP contribution in [0.1, 0.15) is 58.4 Å². The lowest BCUT2D eigenvalue weighted by Gasteiger charge is -2.31. The first-order chi connectivity index (χ1) is 12.0. The van der Waals surface area contributed by atoms with Crippen molar-refractivity contribution in [1.82, 2.24) is 0 Å². The monoisotopic (exact) mass is 347 g/mol. The van der Waals surface area contributed by atoms with Gasteiger partial charge in [0.05, 0.1) is 12.7 Å². The maximum absolute atomic E-state index is 12.1. The van der Waals surface area contributed by atoms with Gasteiger partial charge in [-0.2, -0.15) is 0 Å². The van der Waals surface area contributed by atoms with E-state index in [1.807, 2.05) is 25.1 Å². The molecule has 1 heterocycles. The molecule has 1 aliphatic heterocycles. The van der Waals surface area contributed by atoms with E-state index in [2.05, 4.69) is 26.0 Å². The van der Waals surface area contributed by atoms with Gasteiger partial charge in [-0.3, -0.25) is 4.79 Å². The fraction of sp³-hybridized carbons (Fsp3) is 0.667. The summed E-state index contributed by atoms with van der Waals surface area (Å²) in [6, 6.07) is 9.72. The minimum Gasteiger partial charge on any atom is -0.461 e. The molecule has 1 fully saturated rings. The quantitative estimate of drug-likeness (QED) is 0.788. The Kier molecular flexibility index (Phi) is 7.91. The zero-order chi connectivity index (χ0) is 18.2. The summed E-state index contributed by atoms with van der Waals surface area (Å²) in [4.78, 5) is 12.1. The van der Waals surface area contributed by atoms with Crippen LogP contribution in [0.2, 0.25) is 0 Å². The predicted molar refractivity (Wildman–Crippen MR) is 100.0 cm³/mol. The van der Waals surface area contributed by atoms with E-state index in [1.165, 1.54) is 5.56 Å². The van der Waals surface area contributed by atoms with Gasteiger partial charge in [-0.15, -0.1) is 0 Å². The van der Waals surface area contributed by atoms with Crippen molar-refractivity contribution in [3.05, 3.63) is 35.9 Å². The third-order valence-corrected chi connectivity index (χ3v) is 5.07. The number of carbonyl (C=O) groups is 1. The van der Waals surface area contributed by atoms with Crippen molar-refractivity contribution in [2.45, 2.75) is 77.7 Å². The Bertz CT molecular complexity index is 517. The molecular weight excluding hydrogens is 314 g/mol. The molecule has 0 amide bonds. The van der Waals surface area contributed by atoms with E-state index in [0.29, 0.717) is 18.9 Å². The maximum atomic E-state index is 12.1. The number of cyclic esters (lactones) is 1. The first kappa shape index (κ1) is 19.9. The van der Waals surface area contributed by atoms with Gasteiger partial charge >= 0.3 is 5.97 Å². The van der Waals surface area contributed by atoms with Crippen molar-refractivity contribution in [3.8, 4) is 0 Å². The highest BCUT2D eigenvalue weighted by atomic mass is 16.5. The van der Waals surface area contributed by atoms with Crippen LogP contribution in [0.5, 0.6) is 0 Å². The molecule has 0 radical (unpaired) electrons. The van der Waals surface area contributed by atoms with E-state index in [-0.39, 0.29) is 24.1 Å². The van der Waals surface area contributed by atoms with Crippen LogP contribution in [0.4, 0.5) is 0 Å². The third kappa shape index (κ3) is 6.44. The predicted octanol–water partition coefficient (Wildman–Crippen LogP) is 4.07. The summed E-state index contributed by atoms with van der Waals surface area (Å²) in [7, 11) is 0. The van der Waals surface area contributed by atoms with E-state index >= 15 is 0 Å². The van der Waals surface area contributed by atoms with Gasteiger partial charge in [0.25, 0.3) is 0 Å². The van der Waals surface area contributed by atoms with Gasteiger partial charge < -0.3 is 15.2 Å². The van der Waals surface area contributed by atoms with Crippen molar-refractivity contribution in [3.63, 3.8) is 0 Å². The average Bonchev–Trinajstić information content (AvgIpc) is 2.63. The Morgan fingerprint density at radius 2 is 1.96 bits per heavy atom. The molecule has 1 aromatic rings. The SMILES string of the molecule is CC(C)CC[C@H]1[C@H](C)OC(=O)[C@@H](N)CCC[C@@H]1OCc1ccccc1. The second-order valence-corrected chi connectivity index (χ2v) is 7.65. The lowest BCUT2D eigenvalue weighted by molar-refractivity contribution is -0.155. The second kappa shape index (κ2) is 9.93. The molecule has 1 aliphatic rings. The highest BCUT2D eigenvalue weighted by molar-refractivity contribution is 5.75. The first-order valence-corrected chi connectivity index (χ1v) is 9.59. The van der Waals surface area contributed by atoms with Gasteiger partial charge in [0.1, 0.15) is 12.1 Å². The number of hydrogen-bond acceptors (Lipinski definition) is 4. The lowest BCUT2D eigenvalue weighted by atomic mass is 9.86. The van der Waals surface area contributed by atoms with Crippen LogP contribution in [-0.2, 0) is 20.9 Å². The smallest absolute Gasteiger partial charge is 0.323 e. The summed E-state index contributed by atoms with van der Waals surface area (Å²) >= 11 is 0. The zero-order valence-electron chi connectivity index (χ0n) is 15.8. The van der Waals surface area contributed by atoms with Crippen LogP contribution in [0.15, 0.2) is 30.3 Å². The topological polar surface area (TPSA) is 61.5 Å². The Morgan fingerprint density at radius 3 is 2.64 bits per heavy atom.